The predicted molar refractivity (Wildman–Crippen MR) is 223 cm³/mol. The van der Waals surface area contributed by atoms with Gasteiger partial charge in [-0.1, -0.05) is 17.3 Å². The van der Waals surface area contributed by atoms with Gasteiger partial charge in [0.05, 0.1) is 35.0 Å². The highest BCUT2D eigenvalue weighted by Gasteiger charge is 2.52. The van der Waals surface area contributed by atoms with Crippen LogP contribution >= 0.6 is 12.6 Å². The highest BCUT2D eigenvalue weighted by molar-refractivity contribution is 7.81. The number of ether oxygens (including phenoxy) is 1. The highest BCUT2D eigenvalue weighted by Crippen LogP contribution is 2.43. The van der Waals surface area contributed by atoms with Gasteiger partial charge in [0.25, 0.3) is 5.91 Å². The molecule has 4 heterocycles. The van der Waals surface area contributed by atoms with Crippen LogP contribution < -0.4 is 25.2 Å². The Labute approximate surface area is 357 Å². The lowest BCUT2D eigenvalue weighted by atomic mass is 9.91. The van der Waals surface area contributed by atoms with Crippen LogP contribution in [0, 0.1) is 17.1 Å². The number of hydrogen-bond donors (Lipinski definition) is 3. The molecule has 62 heavy (non-hydrogen) atoms. The number of carbonyl (C=O) groups is 4. The summed E-state index contributed by atoms with van der Waals surface area (Å²) in [4.78, 5) is 58.0. The maximum absolute atomic E-state index is 15.5. The Hall–Kier alpha value is -6.23. The number of piperazine rings is 1. The molecule has 322 valence electrons. The zero-order valence-corrected chi connectivity index (χ0v) is 34.4. The van der Waals surface area contributed by atoms with Crippen LogP contribution in [0.4, 0.5) is 34.6 Å². The fraction of sp³-hybridized carbons (Fsp3) is 0.349. The minimum absolute atomic E-state index is 0.0210. The Bertz CT molecular complexity index is 2660. The third-order valence-electron chi connectivity index (χ3n) is 11.6. The fourth-order valence-corrected chi connectivity index (χ4v) is 9.02. The van der Waals surface area contributed by atoms with E-state index in [2.05, 4.69) is 33.3 Å². The van der Waals surface area contributed by atoms with Gasteiger partial charge in [0.2, 0.25) is 17.7 Å². The predicted octanol–water partition coefficient (Wildman–Crippen LogP) is 6.01. The second-order valence-corrected chi connectivity index (χ2v) is 16.3. The summed E-state index contributed by atoms with van der Waals surface area (Å²) < 4.78 is 68.0. The maximum Gasteiger partial charge on any atom is 0.417 e. The number of anilines is 3. The van der Waals surface area contributed by atoms with Gasteiger partial charge < -0.3 is 19.5 Å². The van der Waals surface area contributed by atoms with Crippen LogP contribution in [0.3, 0.4) is 0 Å². The number of fused-ring (bicyclic) bond motifs is 3. The second kappa shape index (κ2) is 16.6. The molecule has 3 aliphatic rings. The topological polar surface area (TPSA) is 164 Å². The molecule has 0 aliphatic carbocycles. The van der Waals surface area contributed by atoms with Crippen molar-refractivity contribution < 1.29 is 46.0 Å². The number of thiol groups is 1. The molecule has 0 radical (unpaired) electrons. The van der Waals surface area contributed by atoms with E-state index in [9.17, 15) is 37.6 Å². The lowest BCUT2D eigenvalue weighted by molar-refractivity contribution is -0.138. The summed E-state index contributed by atoms with van der Waals surface area (Å²) in [6, 6.07) is 17.7. The molecule has 3 fully saturated rings. The van der Waals surface area contributed by atoms with E-state index in [1.165, 1.54) is 29.2 Å². The van der Waals surface area contributed by atoms with E-state index in [0.717, 1.165) is 27.8 Å². The third kappa shape index (κ3) is 8.00. The van der Waals surface area contributed by atoms with Crippen molar-refractivity contribution in [3.05, 3.63) is 89.4 Å². The molecule has 4 amide bonds. The number of benzene rings is 4. The molecule has 2 atom stereocenters. The number of alkyl halides is 3. The van der Waals surface area contributed by atoms with Crippen LogP contribution in [0.25, 0.3) is 21.7 Å². The minimum Gasteiger partial charge on any atom is -0.489 e. The lowest BCUT2D eigenvalue weighted by Crippen LogP contribution is -2.49. The number of imide groups is 1. The van der Waals surface area contributed by atoms with Crippen molar-refractivity contribution in [3.8, 4) is 11.8 Å². The average Bonchev–Trinajstić information content (AvgIpc) is 3.73. The Morgan fingerprint density at radius 1 is 1.02 bits per heavy atom. The largest absolute Gasteiger partial charge is 0.489 e. The molecular weight excluding hydrogens is 833 g/mol. The summed E-state index contributed by atoms with van der Waals surface area (Å²) >= 11 is 4.58. The average molecular weight is 873 g/mol. The first kappa shape index (κ1) is 42.5. The van der Waals surface area contributed by atoms with Crippen molar-refractivity contribution in [1.82, 2.24) is 20.3 Å². The number of carbonyl (C=O) groups excluding carboxylic acids is 4. The molecule has 0 bridgehead atoms. The van der Waals surface area contributed by atoms with Crippen LogP contribution in [-0.4, -0.2) is 95.5 Å². The van der Waals surface area contributed by atoms with Crippen LogP contribution in [0.15, 0.2) is 71.3 Å². The third-order valence-corrected chi connectivity index (χ3v) is 12.0. The van der Waals surface area contributed by atoms with Gasteiger partial charge in [0.1, 0.15) is 17.8 Å². The molecule has 0 saturated carbocycles. The molecule has 2 unspecified atom stereocenters. The first-order valence-electron chi connectivity index (χ1n) is 19.8. The number of aromatic nitrogens is 1. The molecular formula is C43H40F4N8O6S. The highest BCUT2D eigenvalue weighted by atomic mass is 32.1. The van der Waals surface area contributed by atoms with Gasteiger partial charge in [-0.3, -0.25) is 39.2 Å². The van der Waals surface area contributed by atoms with Crippen LogP contribution in [0.5, 0.6) is 5.75 Å². The first-order chi connectivity index (χ1) is 29.5. The lowest BCUT2D eigenvalue weighted by Gasteiger charge is -2.34. The van der Waals surface area contributed by atoms with Crippen molar-refractivity contribution in [2.45, 2.75) is 49.8 Å². The van der Waals surface area contributed by atoms with Crippen LogP contribution in [0.1, 0.15) is 49.4 Å². The number of piperidine rings is 1. The Morgan fingerprint density at radius 2 is 1.76 bits per heavy atom. The molecule has 0 spiro atoms. The molecule has 5 aromatic rings. The summed E-state index contributed by atoms with van der Waals surface area (Å²) in [5.74, 6) is -2.88. The van der Waals surface area contributed by atoms with Crippen molar-refractivity contribution in [2.75, 3.05) is 61.0 Å². The smallest absolute Gasteiger partial charge is 0.417 e. The molecule has 19 heteroatoms. The first-order valence-corrected chi connectivity index (χ1v) is 20.3. The minimum atomic E-state index is -4.83. The number of amides is 4. The molecule has 2 N–H and O–H groups in total. The summed E-state index contributed by atoms with van der Waals surface area (Å²) in [5.41, 5.74) is -2.51. The van der Waals surface area contributed by atoms with Gasteiger partial charge in [-0.25, -0.2) is 4.39 Å². The van der Waals surface area contributed by atoms with Crippen LogP contribution in [-0.2, 0) is 25.4 Å². The number of halogens is 4. The van der Waals surface area contributed by atoms with Crippen LogP contribution in [0.2, 0.25) is 0 Å². The Balaban J connectivity index is 0.842. The standard InChI is InChI=1S/C43H40F4N8O6S/c1-42(2)40(59)54(25-7-6-24(22-48)30(20-25)43(45,46)47)41(62)55(42)26-8-11-33(31(44)21-26)60-19-18-52-14-16-53(17-15-52)23-36(57)49-32-5-3-4-28-27(32)9-12-34-37(28)38(51-61-34)29-10-13-35(56)50-39(29)58/h3-9,11-12,20-21,29,41,62H,10,13-19,23H2,1-2H3,(H,49,57)(H,50,56,58). The SMILES string of the molecule is CC1(C)C(=O)N(c2ccc(C#N)c(C(F)(F)F)c2)C(S)N1c1ccc(OCCN2CCN(CC(=O)Nc3cccc4c3ccc3onc(C5CCC(=O)NC5=O)c34)CC2)c(F)c1. The zero-order chi connectivity index (χ0) is 44.1. The van der Waals surface area contributed by atoms with Crippen molar-refractivity contribution in [3.63, 3.8) is 0 Å². The quantitative estimate of drug-likeness (QED) is 0.0856. The summed E-state index contributed by atoms with van der Waals surface area (Å²) in [5, 5.41) is 21.0. The van der Waals surface area contributed by atoms with Gasteiger partial charge in [-0.2, -0.15) is 18.4 Å². The molecule has 1 aromatic heterocycles. The molecule has 4 aromatic carbocycles. The van der Waals surface area contributed by atoms with Gasteiger partial charge in [0, 0.05) is 67.7 Å². The number of nitrogens with zero attached hydrogens (tertiary/aromatic N) is 6. The van der Waals surface area contributed by atoms with Gasteiger partial charge >= 0.3 is 6.18 Å². The van der Waals surface area contributed by atoms with Gasteiger partial charge in [-0.15, -0.1) is 12.6 Å². The molecule has 8 rings (SSSR count). The zero-order valence-electron chi connectivity index (χ0n) is 33.5. The van der Waals surface area contributed by atoms with E-state index in [1.54, 1.807) is 32.0 Å². The maximum atomic E-state index is 15.5. The summed E-state index contributed by atoms with van der Waals surface area (Å²) in [7, 11) is 0. The summed E-state index contributed by atoms with van der Waals surface area (Å²) in [6.45, 7) is 6.43. The van der Waals surface area contributed by atoms with Crippen molar-refractivity contribution in [2.24, 2.45) is 0 Å². The van der Waals surface area contributed by atoms with Crippen molar-refractivity contribution >= 4 is 75.1 Å². The van der Waals surface area contributed by atoms with E-state index in [4.69, 9.17) is 9.26 Å². The van der Waals surface area contributed by atoms with Crippen molar-refractivity contribution in [1.29, 1.82) is 5.26 Å². The normalized spacial score (nSPS) is 19.9. The second-order valence-electron chi connectivity index (χ2n) is 15.8. The van der Waals surface area contributed by atoms with E-state index >= 15 is 4.39 Å². The van der Waals surface area contributed by atoms with Gasteiger partial charge in [0.15, 0.2) is 22.6 Å². The Morgan fingerprint density at radius 3 is 2.47 bits per heavy atom. The summed E-state index contributed by atoms with van der Waals surface area (Å²) in [6.07, 6.45) is -4.31. The number of nitriles is 1. The molecule has 3 aliphatic heterocycles. The molecule has 14 nitrogen and oxygen atoms in total. The van der Waals surface area contributed by atoms with E-state index in [-0.39, 0.29) is 48.5 Å². The van der Waals surface area contributed by atoms with E-state index in [0.29, 0.717) is 61.5 Å². The van der Waals surface area contributed by atoms with E-state index in [1.807, 2.05) is 23.1 Å². The van der Waals surface area contributed by atoms with E-state index < -0.39 is 51.9 Å². The number of rotatable bonds is 10. The number of hydrogen-bond acceptors (Lipinski definition) is 12. The molecule has 3 saturated heterocycles. The Kier molecular flexibility index (Phi) is 11.3. The fourth-order valence-electron chi connectivity index (χ4n) is 8.36. The van der Waals surface area contributed by atoms with Gasteiger partial charge in [-0.05, 0) is 74.2 Å². The monoisotopic (exact) mass is 872 g/mol. The number of nitrogens with one attached hydrogen (secondary N) is 2.